The van der Waals surface area contributed by atoms with Crippen molar-refractivity contribution in [3.05, 3.63) is 28.5 Å². The molecule has 1 aromatic heterocycles. The predicted octanol–water partition coefficient (Wildman–Crippen LogP) is 1.46. The Morgan fingerprint density at radius 1 is 1.50 bits per heavy atom. The minimum absolute atomic E-state index is 0.0442. The van der Waals surface area contributed by atoms with Crippen LogP contribution in [0.1, 0.15) is 16.8 Å². The van der Waals surface area contributed by atoms with Gasteiger partial charge in [0.25, 0.3) is 5.91 Å². The molecule has 0 radical (unpaired) electrons. The molecule has 3 heterocycles. The van der Waals surface area contributed by atoms with Crippen LogP contribution in [0.5, 0.6) is 0 Å². The lowest BCUT2D eigenvalue weighted by atomic mass is 10.1. The van der Waals surface area contributed by atoms with Crippen LogP contribution in [0.2, 0.25) is 0 Å². The normalized spacial score (nSPS) is 27.4. The van der Waals surface area contributed by atoms with Crippen LogP contribution in [0, 0.1) is 0 Å². The lowest BCUT2D eigenvalue weighted by Crippen LogP contribution is -2.39. The number of epoxide rings is 1. The van der Waals surface area contributed by atoms with E-state index < -0.39 is 0 Å². The topological polar surface area (TPSA) is 45.7 Å². The van der Waals surface area contributed by atoms with Gasteiger partial charge in [-0.1, -0.05) is 0 Å². The summed E-state index contributed by atoms with van der Waals surface area (Å²) in [4.78, 5) is 18.0. The monoisotopic (exact) mass is 282 g/mol. The fourth-order valence-corrected chi connectivity index (χ4v) is 2.45. The molecule has 0 bridgehead atoms. The summed E-state index contributed by atoms with van der Waals surface area (Å²) in [5, 5.41) is 0. The molecule has 0 spiro atoms. The maximum Gasteiger partial charge on any atom is 0.255 e. The van der Waals surface area contributed by atoms with Gasteiger partial charge in [-0.2, -0.15) is 0 Å². The molecule has 2 aliphatic heterocycles. The second kappa shape index (κ2) is 3.82. The second-order valence-corrected chi connectivity index (χ2v) is 5.06. The highest BCUT2D eigenvalue weighted by Gasteiger charge is 2.44. The Hall–Kier alpha value is -0.940. The van der Waals surface area contributed by atoms with E-state index in [0.717, 1.165) is 24.0 Å². The minimum Gasteiger partial charge on any atom is -0.368 e. The van der Waals surface area contributed by atoms with E-state index in [4.69, 9.17) is 4.74 Å². The van der Waals surface area contributed by atoms with Crippen LogP contribution >= 0.6 is 15.9 Å². The lowest BCUT2D eigenvalue weighted by molar-refractivity contribution is 0.0736. The zero-order valence-corrected chi connectivity index (χ0v) is 10.2. The van der Waals surface area contributed by atoms with E-state index >= 15 is 0 Å². The summed E-state index contributed by atoms with van der Waals surface area (Å²) < 4.78 is 6.23. The number of ether oxygens (including phenoxy) is 1. The Labute approximate surface area is 102 Å². The molecule has 4 nitrogen and oxygen atoms in total. The molecule has 2 saturated heterocycles. The molecule has 3 rings (SSSR count). The van der Waals surface area contributed by atoms with Crippen molar-refractivity contribution in [3.63, 3.8) is 0 Å². The Morgan fingerprint density at radius 2 is 2.38 bits per heavy atom. The summed E-state index contributed by atoms with van der Waals surface area (Å²) in [6.45, 7) is 1.50. The van der Waals surface area contributed by atoms with Gasteiger partial charge in [0.05, 0.1) is 11.7 Å². The van der Waals surface area contributed by atoms with Crippen molar-refractivity contribution in [2.75, 3.05) is 13.1 Å². The van der Waals surface area contributed by atoms with Crippen molar-refractivity contribution in [2.24, 2.45) is 0 Å². The molecular weight excluding hydrogens is 272 g/mol. The van der Waals surface area contributed by atoms with E-state index in [-0.39, 0.29) is 12.0 Å². The Kier molecular flexibility index (Phi) is 2.44. The van der Waals surface area contributed by atoms with Gasteiger partial charge in [0, 0.05) is 30.0 Å². The maximum absolute atomic E-state index is 12.1. The smallest absolute Gasteiger partial charge is 0.255 e. The summed E-state index contributed by atoms with van der Waals surface area (Å²) in [5.41, 5.74) is 0.633. The van der Waals surface area contributed by atoms with Gasteiger partial charge >= 0.3 is 0 Å². The van der Waals surface area contributed by atoms with Gasteiger partial charge in [-0.3, -0.25) is 9.78 Å². The van der Waals surface area contributed by atoms with E-state index in [9.17, 15) is 4.79 Å². The molecule has 5 heteroatoms. The zero-order valence-electron chi connectivity index (χ0n) is 8.60. The van der Waals surface area contributed by atoms with Crippen LogP contribution in [0.15, 0.2) is 22.9 Å². The van der Waals surface area contributed by atoms with Crippen LogP contribution < -0.4 is 0 Å². The number of hydrogen-bond donors (Lipinski definition) is 0. The van der Waals surface area contributed by atoms with E-state index in [0.29, 0.717) is 11.7 Å². The van der Waals surface area contributed by atoms with Gasteiger partial charge in [0.1, 0.15) is 6.10 Å². The van der Waals surface area contributed by atoms with Crippen LogP contribution in [-0.2, 0) is 4.74 Å². The third-order valence-electron chi connectivity index (χ3n) is 3.01. The molecule has 0 aliphatic carbocycles. The van der Waals surface area contributed by atoms with Gasteiger partial charge in [-0.15, -0.1) is 0 Å². The predicted molar refractivity (Wildman–Crippen MR) is 61.1 cm³/mol. The van der Waals surface area contributed by atoms with Crippen molar-refractivity contribution in [1.29, 1.82) is 0 Å². The third kappa shape index (κ3) is 1.85. The molecule has 0 saturated carbocycles. The first-order valence-electron chi connectivity index (χ1n) is 5.29. The molecule has 2 fully saturated rings. The van der Waals surface area contributed by atoms with Crippen LogP contribution in [0.3, 0.4) is 0 Å². The largest absolute Gasteiger partial charge is 0.368 e. The number of carbonyl (C=O) groups excluding carboxylic acids is 1. The number of halogens is 1. The molecule has 1 aromatic rings. The van der Waals surface area contributed by atoms with Gasteiger partial charge in [0.2, 0.25) is 0 Å². The van der Waals surface area contributed by atoms with Crippen molar-refractivity contribution >= 4 is 21.8 Å². The fourth-order valence-electron chi connectivity index (χ4n) is 2.08. The number of rotatable bonds is 1. The SMILES string of the molecule is O=C(c1cncc(Br)c1)N1CCC2OC2C1. The van der Waals surface area contributed by atoms with Crippen molar-refractivity contribution in [1.82, 2.24) is 9.88 Å². The van der Waals surface area contributed by atoms with E-state index in [1.165, 1.54) is 0 Å². The molecule has 1 amide bonds. The standard InChI is InChI=1S/C11H11BrN2O2/c12-8-3-7(4-13-5-8)11(15)14-2-1-9-10(6-14)16-9/h3-5,9-10H,1-2,6H2. The molecule has 2 aliphatic rings. The number of pyridine rings is 1. The summed E-state index contributed by atoms with van der Waals surface area (Å²) in [7, 11) is 0. The molecule has 2 atom stereocenters. The number of hydrogen-bond acceptors (Lipinski definition) is 3. The van der Waals surface area contributed by atoms with Crippen molar-refractivity contribution < 1.29 is 9.53 Å². The number of fused-ring (bicyclic) bond motifs is 1. The van der Waals surface area contributed by atoms with Crippen molar-refractivity contribution in [2.45, 2.75) is 18.6 Å². The lowest BCUT2D eigenvalue weighted by Gasteiger charge is -2.24. The summed E-state index contributed by atoms with van der Waals surface area (Å²) >= 11 is 3.32. The number of piperidine rings is 1. The highest BCUT2D eigenvalue weighted by Crippen LogP contribution is 2.31. The van der Waals surface area contributed by atoms with Gasteiger partial charge in [0.15, 0.2) is 0 Å². The molecular formula is C11H11BrN2O2. The quantitative estimate of drug-likeness (QED) is 0.733. The summed E-state index contributed by atoms with van der Waals surface area (Å²) in [6, 6.07) is 1.80. The molecule has 16 heavy (non-hydrogen) atoms. The number of nitrogens with zero attached hydrogens (tertiary/aromatic N) is 2. The van der Waals surface area contributed by atoms with Crippen molar-refractivity contribution in [3.8, 4) is 0 Å². The Balaban J connectivity index is 1.76. The average Bonchev–Trinajstić information content (AvgIpc) is 3.06. The molecule has 0 N–H and O–H groups in total. The fraction of sp³-hybridized carbons (Fsp3) is 0.455. The second-order valence-electron chi connectivity index (χ2n) is 4.14. The van der Waals surface area contributed by atoms with Crippen LogP contribution in [-0.4, -0.2) is 41.1 Å². The first-order chi connectivity index (χ1) is 7.74. The van der Waals surface area contributed by atoms with E-state index in [1.807, 2.05) is 4.90 Å². The maximum atomic E-state index is 12.1. The highest BCUT2D eigenvalue weighted by molar-refractivity contribution is 9.10. The van der Waals surface area contributed by atoms with Crippen LogP contribution in [0.4, 0.5) is 0 Å². The Morgan fingerprint density at radius 3 is 3.12 bits per heavy atom. The van der Waals surface area contributed by atoms with E-state index in [2.05, 4.69) is 20.9 Å². The van der Waals surface area contributed by atoms with Gasteiger partial charge < -0.3 is 9.64 Å². The van der Waals surface area contributed by atoms with Crippen LogP contribution in [0.25, 0.3) is 0 Å². The highest BCUT2D eigenvalue weighted by atomic mass is 79.9. The number of carbonyl (C=O) groups is 1. The third-order valence-corrected chi connectivity index (χ3v) is 3.44. The van der Waals surface area contributed by atoms with Gasteiger partial charge in [-0.25, -0.2) is 0 Å². The van der Waals surface area contributed by atoms with Gasteiger partial charge in [-0.05, 0) is 28.4 Å². The average molecular weight is 283 g/mol. The summed E-state index contributed by atoms with van der Waals surface area (Å²) in [6.07, 6.45) is 4.92. The number of likely N-dealkylation sites (tertiary alicyclic amines) is 1. The minimum atomic E-state index is 0.0442. The first-order valence-corrected chi connectivity index (χ1v) is 6.08. The van der Waals surface area contributed by atoms with E-state index in [1.54, 1.807) is 18.5 Å². The number of amides is 1. The summed E-state index contributed by atoms with van der Waals surface area (Å²) in [5.74, 6) is 0.0442. The first kappa shape index (κ1) is 10.2. The number of aromatic nitrogens is 1. The molecule has 2 unspecified atom stereocenters. The zero-order chi connectivity index (χ0) is 11.1. The Bertz CT molecular complexity index is 438. The molecule has 0 aromatic carbocycles. The molecule has 84 valence electrons.